The third-order valence-electron chi connectivity index (χ3n) is 2.32. The highest BCUT2D eigenvalue weighted by Crippen LogP contribution is 2.09. The van der Waals surface area contributed by atoms with Crippen molar-refractivity contribution in [1.82, 2.24) is 15.5 Å². The lowest BCUT2D eigenvalue weighted by Gasteiger charge is -2.26. The standard InChI is InChI=1S/C13H19N3O6/c1-13(2,3)22-12(20)16(21-9-8-17)14-6-7-15-10(18)4-5-11(15)19/h4-5,8,14H,6-7,9H2,1-3H3. The van der Waals surface area contributed by atoms with Crippen LogP contribution in [-0.2, 0) is 24.0 Å². The van der Waals surface area contributed by atoms with Gasteiger partial charge in [-0.2, -0.15) is 0 Å². The van der Waals surface area contributed by atoms with Gasteiger partial charge in [0.25, 0.3) is 11.8 Å². The van der Waals surface area contributed by atoms with E-state index in [1.807, 2.05) is 0 Å². The van der Waals surface area contributed by atoms with E-state index in [1.165, 1.54) is 0 Å². The van der Waals surface area contributed by atoms with Crippen molar-refractivity contribution in [1.29, 1.82) is 0 Å². The average molecular weight is 313 g/mol. The van der Waals surface area contributed by atoms with Crippen molar-refractivity contribution >= 4 is 24.2 Å². The average Bonchev–Trinajstić information content (AvgIpc) is 2.71. The van der Waals surface area contributed by atoms with E-state index in [1.54, 1.807) is 20.8 Å². The second-order valence-electron chi connectivity index (χ2n) is 5.31. The first-order valence-electron chi connectivity index (χ1n) is 6.61. The Labute approximate surface area is 127 Å². The fraction of sp³-hybridized carbons (Fsp3) is 0.538. The zero-order chi connectivity index (χ0) is 16.8. The van der Waals surface area contributed by atoms with Crippen LogP contribution in [0.4, 0.5) is 4.79 Å². The van der Waals surface area contributed by atoms with Crippen molar-refractivity contribution in [3.05, 3.63) is 12.2 Å². The lowest BCUT2D eigenvalue weighted by Crippen LogP contribution is -2.48. The topological polar surface area (TPSA) is 105 Å². The molecule has 3 amide bonds. The van der Waals surface area contributed by atoms with Crippen molar-refractivity contribution in [2.45, 2.75) is 26.4 Å². The van der Waals surface area contributed by atoms with Gasteiger partial charge in [0.2, 0.25) is 0 Å². The van der Waals surface area contributed by atoms with Gasteiger partial charge in [-0.1, -0.05) is 0 Å². The van der Waals surface area contributed by atoms with Gasteiger partial charge in [-0.25, -0.2) is 15.1 Å². The van der Waals surface area contributed by atoms with Crippen LogP contribution in [0.3, 0.4) is 0 Å². The predicted molar refractivity (Wildman–Crippen MR) is 74.0 cm³/mol. The Balaban J connectivity index is 2.50. The van der Waals surface area contributed by atoms with Crippen LogP contribution >= 0.6 is 0 Å². The Bertz CT molecular complexity index is 465. The third kappa shape index (κ3) is 5.62. The van der Waals surface area contributed by atoms with Gasteiger partial charge in [-0.3, -0.25) is 14.5 Å². The van der Waals surface area contributed by atoms with Crippen molar-refractivity contribution in [2.75, 3.05) is 19.7 Å². The molecule has 0 unspecified atom stereocenters. The molecule has 0 aliphatic carbocycles. The summed E-state index contributed by atoms with van der Waals surface area (Å²) in [5.74, 6) is -0.853. The van der Waals surface area contributed by atoms with E-state index in [0.717, 1.165) is 17.1 Å². The molecule has 0 spiro atoms. The molecule has 1 heterocycles. The molecule has 9 heteroatoms. The maximum Gasteiger partial charge on any atom is 0.450 e. The van der Waals surface area contributed by atoms with E-state index in [0.29, 0.717) is 11.5 Å². The number of amides is 3. The molecule has 1 N–H and O–H groups in total. The van der Waals surface area contributed by atoms with Gasteiger partial charge in [-0.15, -0.1) is 5.17 Å². The van der Waals surface area contributed by atoms with Crippen molar-refractivity contribution in [2.24, 2.45) is 0 Å². The molecule has 0 bridgehead atoms. The number of carbonyl (C=O) groups excluding carboxylic acids is 4. The van der Waals surface area contributed by atoms with Gasteiger partial charge in [0, 0.05) is 25.2 Å². The van der Waals surface area contributed by atoms with Crippen LogP contribution in [0.1, 0.15) is 20.8 Å². The third-order valence-corrected chi connectivity index (χ3v) is 2.32. The van der Waals surface area contributed by atoms with Crippen molar-refractivity contribution in [3.8, 4) is 0 Å². The monoisotopic (exact) mass is 313 g/mol. The van der Waals surface area contributed by atoms with Crippen LogP contribution in [0, 0.1) is 0 Å². The summed E-state index contributed by atoms with van der Waals surface area (Å²) in [5, 5.41) is 0.665. The predicted octanol–water partition coefficient (Wildman–Crippen LogP) is -0.216. The minimum atomic E-state index is -0.841. The molecule has 1 rings (SSSR count). The number of hydrazine groups is 1. The minimum absolute atomic E-state index is 0.0361. The summed E-state index contributed by atoms with van der Waals surface area (Å²) in [6.45, 7) is 4.77. The van der Waals surface area contributed by atoms with Crippen molar-refractivity contribution in [3.63, 3.8) is 0 Å². The number of hydrogen-bond acceptors (Lipinski definition) is 7. The molecular formula is C13H19N3O6. The van der Waals surface area contributed by atoms with Crippen LogP contribution in [0.25, 0.3) is 0 Å². The Hall–Kier alpha value is -2.26. The molecule has 0 aromatic carbocycles. The summed E-state index contributed by atoms with van der Waals surface area (Å²) in [7, 11) is 0. The number of rotatable bonds is 7. The van der Waals surface area contributed by atoms with E-state index >= 15 is 0 Å². The highest BCUT2D eigenvalue weighted by molar-refractivity contribution is 6.12. The second-order valence-corrected chi connectivity index (χ2v) is 5.31. The van der Waals surface area contributed by atoms with Crippen LogP contribution in [0.5, 0.6) is 0 Å². The number of ether oxygens (including phenoxy) is 1. The van der Waals surface area contributed by atoms with E-state index in [2.05, 4.69) is 5.43 Å². The van der Waals surface area contributed by atoms with E-state index in [4.69, 9.17) is 9.57 Å². The summed E-state index contributed by atoms with van der Waals surface area (Å²) in [4.78, 5) is 50.8. The summed E-state index contributed by atoms with van der Waals surface area (Å²) in [6.07, 6.45) is 1.95. The van der Waals surface area contributed by atoms with Gasteiger partial charge in [0.15, 0.2) is 0 Å². The van der Waals surface area contributed by atoms with E-state index in [9.17, 15) is 19.2 Å². The lowest BCUT2D eigenvalue weighted by atomic mass is 10.2. The number of nitrogens with one attached hydrogen (secondary N) is 1. The normalized spacial score (nSPS) is 14.4. The molecule has 122 valence electrons. The molecule has 1 aliphatic heterocycles. The van der Waals surface area contributed by atoms with Crippen molar-refractivity contribution < 1.29 is 28.8 Å². The molecule has 0 atom stereocenters. The molecule has 9 nitrogen and oxygen atoms in total. The smallest absolute Gasteiger partial charge is 0.441 e. The molecule has 0 radical (unpaired) electrons. The van der Waals surface area contributed by atoms with Gasteiger partial charge >= 0.3 is 6.09 Å². The van der Waals surface area contributed by atoms with Gasteiger partial charge < -0.3 is 9.53 Å². The Morgan fingerprint density at radius 2 is 1.91 bits per heavy atom. The largest absolute Gasteiger partial charge is 0.450 e. The number of hydroxylamine groups is 1. The number of carbonyl (C=O) groups is 4. The van der Waals surface area contributed by atoms with Crippen LogP contribution in [-0.4, -0.2) is 59.6 Å². The molecular weight excluding hydrogens is 294 g/mol. The molecule has 0 aromatic heterocycles. The quantitative estimate of drug-likeness (QED) is 0.393. The molecule has 0 fully saturated rings. The zero-order valence-electron chi connectivity index (χ0n) is 12.7. The number of imide groups is 1. The summed E-state index contributed by atoms with van der Waals surface area (Å²) in [5.41, 5.74) is 1.81. The van der Waals surface area contributed by atoms with E-state index < -0.39 is 23.5 Å². The first-order valence-corrected chi connectivity index (χ1v) is 6.61. The first-order chi connectivity index (χ1) is 10.2. The van der Waals surface area contributed by atoms with Gasteiger partial charge in [-0.05, 0) is 20.8 Å². The summed E-state index contributed by atoms with van der Waals surface area (Å²) < 4.78 is 5.09. The maximum atomic E-state index is 11.9. The highest BCUT2D eigenvalue weighted by Gasteiger charge is 2.25. The zero-order valence-corrected chi connectivity index (χ0v) is 12.7. The maximum absolute atomic E-state index is 11.9. The fourth-order valence-corrected chi connectivity index (χ4v) is 1.49. The molecule has 0 saturated heterocycles. The second kappa shape index (κ2) is 7.66. The van der Waals surface area contributed by atoms with Gasteiger partial charge in [0.05, 0.1) is 0 Å². The lowest BCUT2D eigenvalue weighted by molar-refractivity contribution is -0.177. The minimum Gasteiger partial charge on any atom is -0.441 e. The summed E-state index contributed by atoms with van der Waals surface area (Å²) >= 11 is 0. The van der Waals surface area contributed by atoms with Crippen LogP contribution in [0.15, 0.2) is 12.2 Å². The van der Waals surface area contributed by atoms with Crippen LogP contribution in [0.2, 0.25) is 0 Å². The SMILES string of the molecule is CC(C)(C)OC(=O)N(NCCN1C(=O)C=CC1=O)OCC=O. The Morgan fingerprint density at radius 1 is 1.32 bits per heavy atom. The Kier molecular flexibility index (Phi) is 6.20. The van der Waals surface area contributed by atoms with Gasteiger partial charge in [0.1, 0.15) is 18.5 Å². The number of hydrogen-bond donors (Lipinski definition) is 1. The highest BCUT2D eigenvalue weighted by atomic mass is 16.8. The van der Waals surface area contributed by atoms with Crippen LogP contribution < -0.4 is 5.43 Å². The number of nitrogens with zero attached hydrogens (tertiary/aromatic N) is 2. The molecule has 0 aromatic rings. The number of aldehydes is 1. The van der Waals surface area contributed by atoms with E-state index in [-0.39, 0.29) is 19.7 Å². The first kappa shape index (κ1) is 17.8. The fourth-order valence-electron chi connectivity index (χ4n) is 1.49. The molecule has 22 heavy (non-hydrogen) atoms. The molecule has 1 aliphatic rings. The summed E-state index contributed by atoms with van der Waals surface area (Å²) in [6, 6.07) is 0. The molecule has 0 saturated carbocycles. The Morgan fingerprint density at radius 3 is 2.41 bits per heavy atom.